The molecule has 29 heavy (non-hydrogen) atoms. The zero-order valence-electron chi connectivity index (χ0n) is 15.1. The zero-order chi connectivity index (χ0) is 21.0. The molecule has 10 heteroatoms. The topological polar surface area (TPSA) is 141 Å². The van der Waals surface area contributed by atoms with Crippen LogP contribution in [0.4, 0.5) is 11.4 Å². The quantitative estimate of drug-likeness (QED) is 0.382. The number of carbonyl (C=O) groups excluding carboxylic acids is 1. The van der Waals surface area contributed by atoms with Gasteiger partial charge >= 0.3 is 0 Å². The largest absolute Gasteiger partial charge is 0.455 e. The van der Waals surface area contributed by atoms with Crippen molar-refractivity contribution in [3.05, 3.63) is 91.7 Å². The lowest BCUT2D eigenvalue weighted by Gasteiger charge is -2.02. The number of benzene rings is 2. The van der Waals surface area contributed by atoms with Crippen LogP contribution in [0.2, 0.25) is 0 Å². The molecule has 0 spiro atoms. The number of amides is 1. The van der Waals surface area contributed by atoms with Gasteiger partial charge in [-0.2, -0.15) is 5.10 Å². The number of nitro benzene ring substituents is 2. The van der Waals surface area contributed by atoms with E-state index in [0.29, 0.717) is 22.6 Å². The number of carbonyl (C=O) groups is 1. The molecule has 10 nitrogen and oxygen atoms in total. The van der Waals surface area contributed by atoms with Gasteiger partial charge in [0.25, 0.3) is 17.3 Å². The van der Waals surface area contributed by atoms with Crippen molar-refractivity contribution in [3.63, 3.8) is 0 Å². The molecule has 0 saturated carbocycles. The number of non-ortho nitro benzene ring substituents is 1. The summed E-state index contributed by atoms with van der Waals surface area (Å²) in [6.45, 7) is 1.73. The van der Waals surface area contributed by atoms with Crippen molar-refractivity contribution < 1.29 is 19.1 Å². The molecule has 0 aliphatic carbocycles. The van der Waals surface area contributed by atoms with Gasteiger partial charge in [0.2, 0.25) is 0 Å². The molecule has 1 aromatic heterocycles. The lowest BCUT2D eigenvalue weighted by Crippen LogP contribution is -2.18. The molecular weight excluding hydrogens is 380 g/mol. The number of hydrogen-bond donors (Lipinski definition) is 1. The Morgan fingerprint density at radius 2 is 1.83 bits per heavy atom. The standard InChI is InChI=1S/C19H14N4O6/c1-12-10-13(22(25)26)6-8-15(12)18-9-7-14(29-18)11-20-21-19(24)16-4-2-3-5-17(16)23(27)28/h2-11H,1H3,(H,21,24)/b20-11-. The van der Waals surface area contributed by atoms with E-state index in [1.165, 1.54) is 42.6 Å². The lowest BCUT2D eigenvalue weighted by atomic mass is 10.1. The van der Waals surface area contributed by atoms with Crippen molar-refractivity contribution in [2.45, 2.75) is 6.92 Å². The van der Waals surface area contributed by atoms with Crippen LogP contribution in [0.1, 0.15) is 21.7 Å². The van der Waals surface area contributed by atoms with Gasteiger partial charge < -0.3 is 4.42 Å². The molecule has 0 aliphatic heterocycles. The third-order valence-electron chi connectivity index (χ3n) is 4.02. The van der Waals surface area contributed by atoms with Gasteiger partial charge in [0.05, 0.1) is 16.1 Å². The maximum absolute atomic E-state index is 12.1. The smallest absolute Gasteiger partial charge is 0.282 e. The molecule has 0 fully saturated rings. The fraction of sp³-hybridized carbons (Fsp3) is 0.0526. The molecule has 1 heterocycles. The van der Waals surface area contributed by atoms with E-state index in [9.17, 15) is 25.0 Å². The van der Waals surface area contributed by atoms with Crippen molar-refractivity contribution in [2.24, 2.45) is 5.10 Å². The summed E-state index contributed by atoms with van der Waals surface area (Å²) in [5.74, 6) is 0.0658. The average molecular weight is 394 g/mol. The summed E-state index contributed by atoms with van der Waals surface area (Å²) >= 11 is 0. The summed E-state index contributed by atoms with van der Waals surface area (Å²) in [5, 5.41) is 25.6. The fourth-order valence-electron chi connectivity index (χ4n) is 2.64. The highest BCUT2D eigenvalue weighted by atomic mass is 16.6. The van der Waals surface area contributed by atoms with Gasteiger partial charge in [-0.15, -0.1) is 0 Å². The van der Waals surface area contributed by atoms with E-state index in [0.717, 1.165) is 0 Å². The van der Waals surface area contributed by atoms with Gasteiger partial charge in [-0.1, -0.05) is 12.1 Å². The van der Waals surface area contributed by atoms with Crippen molar-refractivity contribution in [2.75, 3.05) is 0 Å². The molecule has 146 valence electrons. The maximum atomic E-state index is 12.1. The molecule has 1 N–H and O–H groups in total. The van der Waals surface area contributed by atoms with Gasteiger partial charge in [0, 0.05) is 23.8 Å². The van der Waals surface area contributed by atoms with E-state index in [2.05, 4.69) is 10.5 Å². The molecule has 0 unspecified atom stereocenters. The van der Waals surface area contributed by atoms with E-state index >= 15 is 0 Å². The number of nitrogens with zero attached hydrogens (tertiary/aromatic N) is 3. The van der Waals surface area contributed by atoms with Crippen molar-refractivity contribution >= 4 is 23.5 Å². The number of furan rings is 1. The molecule has 0 bridgehead atoms. The Hall–Kier alpha value is -4.34. The number of para-hydroxylation sites is 1. The molecule has 0 atom stereocenters. The van der Waals surface area contributed by atoms with E-state index in [4.69, 9.17) is 4.42 Å². The molecule has 0 radical (unpaired) electrons. The van der Waals surface area contributed by atoms with Crippen LogP contribution in [0.25, 0.3) is 11.3 Å². The number of rotatable bonds is 6. The highest BCUT2D eigenvalue weighted by Gasteiger charge is 2.18. The Labute approximate surface area is 163 Å². The second kappa shape index (κ2) is 8.13. The number of nitro groups is 2. The summed E-state index contributed by atoms with van der Waals surface area (Å²) in [7, 11) is 0. The first-order valence-electron chi connectivity index (χ1n) is 8.29. The normalized spacial score (nSPS) is 10.8. The van der Waals surface area contributed by atoms with Crippen molar-refractivity contribution in [1.82, 2.24) is 5.43 Å². The number of hydrazone groups is 1. The minimum atomic E-state index is -0.730. The van der Waals surface area contributed by atoms with E-state index in [1.54, 1.807) is 25.1 Å². The number of aryl methyl sites for hydroxylation is 1. The lowest BCUT2D eigenvalue weighted by molar-refractivity contribution is -0.385. The minimum absolute atomic E-state index is 0.0164. The molecule has 0 saturated heterocycles. The third-order valence-corrected chi connectivity index (χ3v) is 4.02. The average Bonchev–Trinajstić information content (AvgIpc) is 3.16. The Bertz CT molecular complexity index is 1140. The summed E-state index contributed by atoms with van der Waals surface area (Å²) in [5.41, 5.74) is 3.11. The molecule has 1 amide bonds. The van der Waals surface area contributed by atoms with Crippen LogP contribution in [0.15, 0.2) is 64.1 Å². The first kappa shape index (κ1) is 19.4. The Morgan fingerprint density at radius 3 is 2.52 bits per heavy atom. The molecule has 3 aromatic rings. The van der Waals surface area contributed by atoms with Crippen molar-refractivity contribution in [1.29, 1.82) is 0 Å². The van der Waals surface area contributed by atoms with Crippen LogP contribution in [0.3, 0.4) is 0 Å². The van der Waals surface area contributed by atoms with Crippen LogP contribution in [0, 0.1) is 27.2 Å². The predicted octanol–water partition coefficient (Wildman–Crippen LogP) is 3.84. The maximum Gasteiger partial charge on any atom is 0.282 e. The molecule has 3 rings (SSSR count). The minimum Gasteiger partial charge on any atom is -0.455 e. The van der Waals surface area contributed by atoms with Gasteiger partial charge in [0.1, 0.15) is 17.1 Å². The van der Waals surface area contributed by atoms with Crippen molar-refractivity contribution in [3.8, 4) is 11.3 Å². The summed E-state index contributed by atoms with van der Waals surface area (Å²) in [6.07, 6.45) is 1.25. The summed E-state index contributed by atoms with van der Waals surface area (Å²) in [4.78, 5) is 32.8. The Morgan fingerprint density at radius 1 is 1.07 bits per heavy atom. The highest BCUT2D eigenvalue weighted by Crippen LogP contribution is 2.28. The molecule has 0 aliphatic rings. The van der Waals surface area contributed by atoms with Crippen LogP contribution in [-0.4, -0.2) is 22.0 Å². The molecular formula is C19H14N4O6. The Balaban J connectivity index is 1.72. The van der Waals surface area contributed by atoms with Crippen LogP contribution < -0.4 is 5.43 Å². The van der Waals surface area contributed by atoms with Gasteiger partial charge in [-0.25, -0.2) is 5.43 Å². The second-order valence-electron chi connectivity index (χ2n) is 5.93. The SMILES string of the molecule is Cc1cc([N+](=O)[O-])ccc1-c1ccc(/C=N\NC(=O)c2ccccc2[N+](=O)[O-])o1. The van der Waals surface area contributed by atoms with E-state index in [-0.39, 0.29) is 16.9 Å². The fourth-order valence-corrected chi connectivity index (χ4v) is 2.64. The van der Waals surface area contributed by atoms with Gasteiger partial charge in [-0.3, -0.25) is 25.0 Å². The van der Waals surface area contributed by atoms with Crippen LogP contribution >= 0.6 is 0 Å². The van der Waals surface area contributed by atoms with Crippen LogP contribution in [0.5, 0.6) is 0 Å². The first-order valence-corrected chi connectivity index (χ1v) is 8.29. The summed E-state index contributed by atoms with van der Waals surface area (Å²) < 4.78 is 5.62. The predicted molar refractivity (Wildman–Crippen MR) is 104 cm³/mol. The highest BCUT2D eigenvalue weighted by molar-refractivity contribution is 5.98. The Kier molecular flexibility index (Phi) is 5.44. The zero-order valence-corrected chi connectivity index (χ0v) is 15.1. The monoisotopic (exact) mass is 394 g/mol. The first-order chi connectivity index (χ1) is 13.9. The second-order valence-corrected chi connectivity index (χ2v) is 5.93. The number of hydrogen-bond acceptors (Lipinski definition) is 7. The van der Waals surface area contributed by atoms with E-state index < -0.39 is 15.8 Å². The van der Waals surface area contributed by atoms with Gasteiger partial charge in [-0.05, 0) is 36.8 Å². The molecule has 2 aromatic carbocycles. The van der Waals surface area contributed by atoms with E-state index in [1.807, 2.05) is 0 Å². The van der Waals surface area contributed by atoms with Crippen LogP contribution in [-0.2, 0) is 0 Å². The number of nitrogens with one attached hydrogen (secondary N) is 1. The van der Waals surface area contributed by atoms with Gasteiger partial charge in [0.15, 0.2) is 0 Å². The third kappa shape index (κ3) is 4.33. The summed E-state index contributed by atoms with van der Waals surface area (Å²) in [6, 6.07) is 13.2.